The van der Waals surface area contributed by atoms with Crippen molar-refractivity contribution in [3.05, 3.63) is 54.0 Å². The minimum Gasteiger partial charge on any atom is -0.468 e. The first-order valence-electron chi connectivity index (χ1n) is 6.60. The van der Waals surface area contributed by atoms with Crippen LogP contribution in [0, 0.1) is 6.92 Å². The van der Waals surface area contributed by atoms with E-state index >= 15 is 0 Å². The van der Waals surface area contributed by atoms with Crippen LogP contribution in [0.2, 0.25) is 0 Å². The summed E-state index contributed by atoms with van der Waals surface area (Å²) in [5.41, 5.74) is 2.13. The SMILES string of the molecule is Cc1occc1S(=O)(=O)C(C)(Cc1ccccc1)C(=O)NO. The van der Waals surface area contributed by atoms with Crippen LogP contribution in [0.15, 0.2) is 52.0 Å². The van der Waals surface area contributed by atoms with Gasteiger partial charge in [0.2, 0.25) is 0 Å². The second kappa shape index (κ2) is 5.94. The van der Waals surface area contributed by atoms with E-state index in [0.717, 1.165) is 0 Å². The molecule has 22 heavy (non-hydrogen) atoms. The number of benzene rings is 1. The third-order valence-corrected chi connectivity index (χ3v) is 6.18. The fourth-order valence-corrected chi connectivity index (χ4v) is 4.09. The predicted molar refractivity (Wildman–Crippen MR) is 79.1 cm³/mol. The number of carbonyl (C=O) groups is 1. The van der Waals surface area contributed by atoms with Crippen LogP contribution in [-0.2, 0) is 21.1 Å². The fourth-order valence-electron chi connectivity index (χ4n) is 2.30. The largest absolute Gasteiger partial charge is 0.468 e. The lowest BCUT2D eigenvalue weighted by atomic mass is 10.00. The Morgan fingerprint density at radius 1 is 1.27 bits per heavy atom. The zero-order chi connectivity index (χ0) is 16.4. The molecule has 1 aromatic carbocycles. The van der Waals surface area contributed by atoms with Crippen LogP contribution in [-0.4, -0.2) is 24.3 Å². The molecule has 2 aromatic rings. The Labute approximate surface area is 128 Å². The van der Waals surface area contributed by atoms with Crippen LogP contribution in [0.4, 0.5) is 0 Å². The van der Waals surface area contributed by atoms with Gasteiger partial charge in [-0.1, -0.05) is 30.3 Å². The van der Waals surface area contributed by atoms with E-state index in [2.05, 4.69) is 0 Å². The van der Waals surface area contributed by atoms with Crippen molar-refractivity contribution in [2.24, 2.45) is 0 Å². The van der Waals surface area contributed by atoms with Gasteiger partial charge in [-0.05, 0) is 25.5 Å². The first-order chi connectivity index (χ1) is 10.3. The summed E-state index contributed by atoms with van der Waals surface area (Å²) in [5.74, 6) is -0.790. The first-order valence-corrected chi connectivity index (χ1v) is 8.08. The lowest BCUT2D eigenvalue weighted by Crippen LogP contribution is -2.51. The second-order valence-corrected chi connectivity index (χ2v) is 7.53. The molecule has 0 aliphatic rings. The van der Waals surface area contributed by atoms with Crippen LogP contribution in [0.5, 0.6) is 0 Å². The fraction of sp³-hybridized carbons (Fsp3) is 0.267. The minimum atomic E-state index is -4.06. The van der Waals surface area contributed by atoms with Crippen LogP contribution in [0.25, 0.3) is 0 Å². The number of rotatable bonds is 5. The maximum Gasteiger partial charge on any atom is 0.265 e. The molecule has 1 heterocycles. The number of furan rings is 1. The van der Waals surface area contributed by atoms with Gasteiger partial charge in [0, 0.05) is 6.42 Å². The van der Waals surface area contributed by atoms with Crippen molar-refractivity contribution < 1.29 is 22.8 Å². The standard InChI is InChI=1S/C15H17NO5S/c1-11-13(8-9-21-11)22(19,20)15(2,14(17)16-18)10-12-6-4-3-5-7-12/h3-9,18H,10H2,1-2H3,(H,16,17). The topological polar surface area (TPSA) is 96.6 Å². The molecule has 1 amide bonds. The molecule has 0 aliphatic heterocycles. The van der Waals surface area contributed by atoms with E-state index in [1.54, 1.807) is 30.3 Å². The summed E-state index contributed by atoms with van der Waals surface area (Å²) in [6, 6.07) is 10.0. The highest BCUT2D eigenvalue weighted by Crippen LogP contribution is 2.32. The molecule has 2 N–H and O–H groups in total. The lowest BCUT2D eigenvalue weighted by Gasteiger charge is -2.26. The summed E-state index contributed by atoms with van der Waals surface area (Å²) in [4.78, 5) is 12.1. The van der Waals surface area contributed by atoms with Gasteiger partial charge in [0.05, 0.1) is 6.26 Å². The number of amides is 1. The van der Waals surface area contributed by atoms with E-state index in [1.807, 2.05) is 0 Å². The third kappa shape index (κ3) is 2.65. The van der Waals surface area contributed by atoms with Gasteiger partial charge >= 0.3 is 0 Å². The van der Waals surface area contributed by atoms with Crippen molar-refractivity contribution in [2.45, 2.75) is 29.9 Å². The molecule has 118 valence electrons. The normalized spacial score (nSPS) is 14.3. The molecule has 0 aliphatic carbocycles. The van der Waals surface area contributed by atoms with Crippen molar-refractivity contribution in [2.75, 3.05) is 0 Å². The number of hydrogen-bond donors (Lipinski definition) is 2. The van der Waals surface area contributed by atoms with Crippen molar-refractivity contribution in [3.8, 4) is 0 Å². The van der Waals surface area contributed by atoms with Gasteiger partial charge in [0.25, 0.3) is 5.91 Å². The number of hydroxylamine groups is 1. The molecule has 6 nitrogen and oxygen atoms in total. The molecule has 1 atom stereocenters. The highest BCUT2D eigenvalue weighted by atomic mass is 32.2. The zero-order valence-electron chi connectivity index (χ0n) is 12.2. The smallest absolute Gasteiger partial charge is 0.265 e. The molecule has 1 aromatic heterocycles. The van der Waals surface area contributed by atoms with Gasteiger partial charge in [-0.3, -0.25) is 10.0 Å². The Morgan fingerprint density at radius 2 is 1.91 bits per heavy atom. The van der Waals surface area contributed by atoms with E-state index in [-0.39, 0.29) is 17.1 Å². The molecule has 0 radical (unpaired) electrons. The maximum atomic E-state index is 12.9. The van der Waals surface area contributed by atoms with Gasteiger partial charge in [0.1, 0.15) is 10.7 Å². The Morgan fingerprint density at radius 3 is 2.41 bits per heavy atom. The van der Waals surface area contributed by atoms with Crippen molar-refractivity contribution in [1.82, 2.24) is 5.48 Å². The lowest BCUT2D eigenvalue weighted by molar-refractivity contribution is -0.131. The van der Waals surface area contributed by atoms with E-state index in [1.165, 1.54) is 31.7 Å². The van der Waals surface area contributed by atoms with E-state index < -0.39 is 20.5 Å². The average molecular weight is 323 g/mol. The Kier molecular flexibility index (Phi) is 4.39. The molecular weight excluding hydrogens is 306 g/mol. The van der Waals surface area contributed by atoms with E-state index in [4.69, 9.17) is 9.62 Å². The molecule has 0 spiro atoms. The number of sulfone groups is 1. The summed E-state index contributed by atoms with van der Waals surface area (Å²) in [7, 11) is -4.06. The number of nitrogens with one attached hydrogen (secondary N) is 1. The molecule has 7 heteroatoms. The van der Waals surface area contributed by atoms with E-state index in [9.17, 15) is 13.2 Å². The molecule has 2 rings (SSSR count). The van der Waals surface area contributed by atoms with Gasteiger partial charge in [0.15, 0.2) is 14.6 Å². The molecule has 0 fully saturated rings. The summed E-state index contributed by atoms with van der Waals surface area (Å²) in [6.07, 6.45) is 1.18. The number of carbonyl (C=O) groups excluding carboxylic acids is 1. The third-order valence-electron chi connectivity index (χ3n) is 3.66. The van der Waals surface area contributed by atoms with Crippen molar-refractivity contribution >= 4 is 15.7 Å². The monoisotopic (exact) mass is 323 g/mol. The number of hydrogen-bond acceptors (Lipinski definition) is 5. The minimum absolute atomic E-state index is 0.0606. The molecule has 1 unspecified atom stereocenters. The van der Waals surface area contributed by atoms with Crippen molar-refractivity contribution in [1.29, 1.82) is 0 Å². The summed E-state index contributed by atoms with van der Waals surface area (Å²) < 4.78 is 29.0. The second-order valence-electron chi connectivity index (χ2n) is 5.18. The molecule has 0 bridgehead atoms. The van der Waals surface area contributed by atoms with Gasteiger partial charge in [-0.2, -0.15) is 0 Å². The van der Waals surface area contributed by atoms with Gasteiger partial charge < -0.3 is 4.42 Å². The van der Waals surface area contributed by atoms with Crippen LogP contribution < -0.4 is 5.48 Å². The zero-order valence-corrected chi connectivity index (χ0v) is 13.1. The van der Waals surface area contributed by atoms with Crippen LogP contribution in [0.3, 0.4) is 0 Å². The Hall–Kier alpha value is -2.12. The maximum absolute atomic E-state index is 12.9. The molecular formula is C15H17NO5S. The average Bonchev–Trinajstić information content (AvgIpc) is 2.94. The van der Waals surface area contributed by atoms with Gasteiger partial charge in [-0.15, -0.1) is 0 Å². The molecule has 0 saturated heterocycles. The molecule has 0 saturated carbocycles. The first kappa shape index (κ1) is 16.3. The summed E-state index contributed by atoms with van der Waals surface area (Å²) in [6.45, 7) is 2.79. The van der Waals surface area contributed by atoms with Crippen LogP contribution >= 0.6 is 0 Å². The van der Waals surface area contributed by atoms with E-state index in [0.29, 0.717) is 5.56 Å². The predicted octanol–water partition coefficient (Wildman–Crippen LogP) is 1.87. The summed E-state index contributed by atoms with van der Waals surface area (Å²) >= 11 is 0. The number of aryl methyl sites for hydroxylation is 1. The van der Waals surface area contributed by atoms with Crippen molar-refractivity contribution in [3.63, 3.8) is 0 Å². The Bertz CT molecular complexity index is 766. The highest BCUT2D eigenvalue weighted by molar-refractivity contribution is 7.93. The highest BCUT2D eigenvalue weighted by Gasteiger charge is 2.48. The quantitative estimate of drug-likeness (QED) is 0.647. The Balaban J connectivity index is 2.55. The van der Waals surface area contributed by atoms with Crippen LogP contribution in [0.1, 0.15) is 18.2 Å². The van der Waals surface area contributed by atoms with Gasteiger partial charge in [-0.25, -0.2) is 13.9 Å². The summed E-state index contributed by atoms with van der Waals surface area (Å²) in [5, 5.41) is 8.99.